The highest BCUT2D eigenvalue weighted by molar-refractivity contribution is 5.79. The molecule has 0 aliphatic carbocycles. The van der Waals surface area contributed by atoms with Crippen molar-refractivity contribution in [1.29, 1.82) is 0 Å². The van der Waals surface area contributed by atoms with Crippen LogP contribution in [0.1, 0.15) is 16.7 Å². The van der Waals surface area contributed by atoms with Crippen LogP contribution in [0.25, 0.3) is 0 Å². The number of aromatic hydroxyl groups is 1. The molecule has 0 aliphatic rings. The third kappa shape index (κ3) is 7.10. The highest BCUT2D eigenvalue weighted by Crippen LogP contribution is 2.24. The molecule has 0 atom stereocenters. The maximum atomic E-state index is 12.5. The van der Waals surface area contributed by atoms with E-state index < -0.39 is 12.8 Å². The molecule has 0 radical (unpaired) electrons. The minimum atomic E-state index is -4.41. The molecule has 0 spiro atoms. The molecule has 3 N–H and O–H groups in total. The number of phenols is 1. The van der Waals surface area contributed by atoms with Crippen LogP contribution in [-0.2, 0) is 13.1 Å². The van der Waals surface area contributed by atoms with Crippen LogP contribution in [0.4, 0.5) is 13.2 Å². The van der Waals surface area contributed by atoms with Crippen molar-refractivity contribution in [3.8, 4) is 17.2 Å². The van der Waals surface area contributed by atoms with Crippen molar-refractivity contribution in [3.63, 3.8) is 0 Å². The minimum Gasteiger partial charge on any atom is -0.508 e. The first-order chi connectivity index (χ1) is 13.7. The van der Waals surface area contributed by atoms with Gasteiger partial charge in [-0.3, -0.25) is 4.99 Å². The number of nitrogens with zero attached hydrogens (tertiary/aromatic N) is 1. The lowest BCUT2D eigenvalue weighted by Gasteiger charge is -2.16. The Morgan fingerprint density at radius 1 is 1.07 bits per heavy atom. The largest absolute Gasteiger partial charge is 0.508 e. The first-order valence-electron chi connectivity index (χ1n) is 8.81. The van der Waals surface area contributed by atoms with Gasteiger partial charge >= 0.3 is 6.18 Å². The molecule has 2 rings (SSSR count). The summed E-state index contributed by atoms with van der Waals surface area (Å²) in [5.74, 6) is 1.29. The van der Waals surface area contributed by atoms with E-state index in [1.807, 2.05) is 0 Å². The maximum Gasteiger partial charge on any atom is 0.422 e. The summed E-state index contributed by atoms with van der Waals surface area (Å²) in [5, 5.41) is 16.0. The zero-order valence-corrected chi connectivity index (χ0v) is 16.4. The highest BCUT2D eigenvalue weighted by atomic mass is 19.4. The maximum absolute atomic E-state index is 12.5. The lowest BCUT2D eigenvalue weighted by Crippen LogP contribution is -2.36. The molecule has 0 unspecified atom stereocenters. The standard InChI is InChI=1S/C20H24F3N3O3/c1-13-4-5-14(18(8-13)29-12-20(21,22)23)10-25-19(24-2)26-11-15-9-16(28-3)6-7-17(15)27/h4-9,27H,10-12H2,1-3H3,(H2,24,25,26). The molecule has 0 bridgehead atoms. The number of methoxy groups -OCH3 is 1. The summed E-state index contributed by atoms with van der Waals surface area (Å²) in [4.78, 5) is 4.08. The average Bonchev–Trinajstić information content (AvgIpc) is 2.68. The number of aryl methyl sites for hydroxylation is 1. The Bertz CT molecular complexity index is 855. The lowest BCUT2D eigenvalue weighted by molar-refractivity contribution is -0.153. The van der Waals surface area contributed by atoms with E-state index in [4.69, 9.17) is 9.47 Å². The van der Waals surface area contributed by atoms with Gasteiger partial charge in [0.05, 0.1) is 7.11 Å². The van der Waals surface area contributed by atoms with Gasteiger partial charge in [0.15, 0.2) is 12.6 Å². The van der Waals surface area contributed by atoms with E-state index in [0.29, 0.717) is 22.8 Å². The molecule has 6 nitrogen and oxygen atoms in total. The Kier molecular flexibility index (Phi) is 7.58. The number of phenolic OH excluding ortho intramolecular Hbond substituents is 1. The fourth-order valence-corrected chi connectivity index (χ4v) is 2.51. The van der Waals surface area contributed by atoms with Gasteiger partial charge in [-0.15, -0.1) is 0 Å². The third-order valence-electron chi connectivity index (χ3n) is 4.02. The van der Waals surface area contributed by atoms with Crippen LogP contribution >= 0.6 is 0 Å². The molecule has 0 amide bonds. The number of benzene rings is 2. The SMILES string of the molecule is CN=C(NCc1cc(OC)ccc1O)NCc1ccc(C)cc1OCC(F)(F)F. The normalized spacial score (nSPS) is 11.9. The van der Waals surface area contributed by atoms with Gasteiger partial charge in [0.2, 0.25) is 0 Å². The number of guanidine groups is 1. The van der Waals surface area contributed by atoms with Crippen molar-refractivity contribution in [2.75, 3.05) is 20.8 Å². The second-order valence-electron chi connectivity index (χ2n) is 6.29. The predicted molar refractivity (Wildman–Crippen MR) is 104 cm³/mol. The molecule has 0 aliphatic heterocycles. The zero-order chi connectivity index (χ0) is 21.4. The summed E-state index contributed by atoms with van der Waals surface area (Å²) in [6, 6.07) is 9.93. The first kappa shape index (κ1) is 22.2. The van der Waals surface area contributed by atoms with Crippen LogP contribution in [0.15, 0.2) is 41.4 Å². The van der Waals surface area contributed by atoms with E-state index in [9.17, 15) is 18.3 Å². The molecule has 0 fully saturated rings. The number of hydrogen-bond donors (Lipinski definition) is 3. The zero-order valence-electron chi connectivity index (χ0n) is 16.4. The summed E-state index contributed by atoms with van der Waals surface area (Å²) < 4.78 is 47.6. The van der Waals surface area contributed by atoms with E-state index in [-0.39, 0.29) is 24.6 Å². The van der Waals surface area contributed by atoms with Crippen molar-refractivity contribution in [2.24, 2.45) is 4.99 Å². The molecule has 0 heterocycles. The lowest BCUT2D eigenvalue weighted by atomic mass is 10.1. The van der Waals surface area contributed by atoms with E-state index in [1.54, 1.807) is 44.3 Å². The second-order valence-corrected chi connectivity index (χ2v) is 6.29. The molecule has 29 heavy (non-hydrogen) atoms. The van der Waals surface area contributed by atoms with Crippen molar-refractivity contribution in [1.82, 2.24) is 10.6 Å². The monoisotopic (exact) mass is 411 g/mol. The second kappa shape index (κ2) is 9.90. The Labute approximate surface area is 167 Å². The number of rotatable bonds is 7. The Morgan fingerprint density at radius 3 is 2.38 bits per heavy atom. The number of alkyl halides is 3. The highest BCUT2D eigenvalue weighted by Gasteiger charge is 2.28. The summed E-state index contributed by atoms with van der Waals surface area (Å²) in [6.07, 6.45) is -4.41. The molecule has 2 aromatic carbocycles. The van der Waals surface area contributed by atoms with E-state index in [1.165, 1.54) is 13.2 Å². The van der Waals surface area contributed by atoms with Gasteiger partial charge in [-0.05, 0) is 36.8 Å². The van der Waals surface area contributed by atoms with E-state index in [2.05, 4.69) is 15.6 Å². The van der Waals surface area contributed by atoms with Gasteiger partial charge in [-0.2, -0.15) is 13.2 Å². The summed E-state index contributed by atoms with van der Waals surface area (Å²) in [5.41, 5.74) is 1.96. The van der Waals surface area contributed by atoms with Crippen LogP contribution in [0, 0.1) is 6.92 Å². The molecular formula is C20H24F3N3O3. The molecule has 2 aromatic rings. The van der Waals surface area contributed by atoms with Crippen LogP contribution in [0.2, 0.25) is 0 Å². The number of ether oxygens (including phenoxy) is 2. The smallest absolute Gasteiger partial charge is 0.422 e. The fraction of sp³-hybridized carbons (Fsp3) is 0.350. The summed E-state index contributed by atoms with van der Waals surface area (Å²) in [6.45, 7) is 0.898. The number of halogens is 3. The van der Waals surface area contributed by atoms with Crippen molar-refractivity contribution in [2.45, 2.75) is 26.2 Å². The fourth-order valence-electron chi connectivity index (χ4n) is 2.51. The van der Waals surface area contributed by atoms with Gasteiger partial charge < -0.3 is 25.2 Å². The number of aliphatic imine (C=N–C) groups is 1. The Hall–Kier alpha value is -3.10. The van der Waals surface area contributed by atoms with Gasteiger partial charge in [-0.25, -0.2) is 0 Å². The number of hydrogen-bond acceptors (Lipinski definition) is 4. The van der Waals surface area contributed by atoms with Crippen molar-refractivity contribution in [3.05, 3.63) is 53.1 Å². The van der Waals surface area contributed by atoms with Gasteiger partial charge in [0.1, 0.15) is 17.2 Å². The molecule has 0 saturated carbocycles. The van der Waals surface area contributed by atoms with E-state index in [0.717, 1.165) is 5.56 Å². The average molecular weight is 411 g/mol. The molecule has 158 valence electrons. The van der Waals surface area contributed by atoms with Gasteiger partial charge in [0.25, 0.3) is 0 Å². The Morgan fingerprint density at radius 2 is 1.76 bits per heavy atom. The first-order valence-corrected chi connectivity index (χ1v) is 8.81. The molecule has 9 heteroatoms. The van der Waals surface area contributed by atoms with Crippen LogP contribution in [-0.4, -0.2) is 38.0 Å². The summed E-state index contributed by atoms with van der Waals surface area (Å²) >= 11 is 0. The van der Waals surface area contributed by atoms with Crippen LogP contribution in [0.3, 0.4) is 0 Å². The topological polar surface area (TPSA) is 75.1 Å². The van der Waals surface area contributed by atoms with Crippen molar-refractivity contribution >= 4 is 5.96 Å². The predicted octanol–water partition coefficient (Wildman–Crippen LogP) is 3.52. The van der Waals surface area contributed by atoms with Crippen LogP contribution < -0.4 is 20.1 Å². The van der Waals surface area contributed by atoms with E-state index >= 15 is 0 Å². The molecule has 0 saturated heterocycles. The summed E-state index contributed by atoms with van der Waals surface area (Å²) in [7, 11) is 3.10. The molecular weight excluding hydrogens is 387 g/mol. The van der Waals surface area contributed by atoms with Crippen molar-refractivity contribution < 1.29 is 27.8 Å². The van der Waals surface area contributed by atoms with Gasteiger partial charge in [-0.1, -0.05) is 12.1 Å². The minimum absolute atomic E-state index is 0.107. The third-order valence-corrected chi connectivity index (χ3v) is 4.02. The number of nitrogens with one attached hydrogen (secondary N) is 2. The Balaban J connectivity index is 2.00. The van der Waals surface area contributed by atoms with Crippen LogP contribution in [0.5, 0.6) is 17.2 Å². The quantitative estimate of drug-likeness (QED) is 0.480. The van der Waals surface area contributed by atoms with Gasteiger partial charge in [0, 0.05) is 31.3 Å². The molecule has 0 aromatic heterocycles.